The van der Waals surface area contributed by atoms with Crippen molar-refractivity contribution in [2.24, 2.45) is 0 Å². The Morgan fingerprint density at radius 2 is 1.63 bits per heavy atom. The van der Waals surface area contributed by atoms with Crippen LogP contribution in [-0.4, -0.2) is 11.2 Å². The van der Waals surface area contributed by atoms with E-state index in [1.165, 1.54) is 17.7 Å². The standard InChI is InChI=1S/C25H26F2N2S/c1-7-17-14(3)25-23(15(4)22(17)18-9-8-13(2)28-16(18)5)24-19(12-29(25)30-6)20(26)10-11-21(24)27/h8-11H,7,12H2,1-6H3. The van der Waals surface area contributed by atoms with E-state index in [2.05, 4.69) is 29.2 Å². The number of nitrogens with zero attached hydrogens (tertiary/aromatic N) is 2. The Kier molecular flexibility index (Phi) is 5.35. The Balaban J connectivity index is 2.17. The van der Waals surface area contributed by atoms with Gasteiger partial charge in [0.2, 0.25) is 0 Å². The zero-order valence-corrected chi connectivity index (χ0v) is 19.1. The summed E-state index contributed by atoms with van der Waals surface area (Å²) >= 11 is 1.55. The van der Waals surface area contributed by atoms with Gasteiger partial charge in [0.25, 0.3) is 0 Å². The van der Waals surface area contributed by atoms with E-state index in [9.17, 15) is 4.39 Å². The number of aryl methyl sites for hydroxylation is 2. The second-order valence-corrected chi connectivity index (χ2v) is 8.67. The Bertz CT molecular complexity index is 1170. The lowest BCUT2D eigenvalue weighted by molar-refractivity contribution is 0.587. The molecule has 2 nitrogen and oxygen atoms in total. The predicted octanol–water partition coefficient (Wildman–Crippen LogP) is 7.09. The number of pyridine rings is 1. The van der Waals surface area contributed by atoms with Gasteiger partial charge < -0.3 is 4.31 Å². The van der Waals surface area contributed by atoms with Crippen molar-refractivity contribution < 1.29 is 8.78 Å². The van der Waals surface area contributed by atoms with Crippen LogP contribution < -0.4 is 4.31 Å². The molecule has 3 aromatic rings. The lowest BCUT2D eigenvalue weighted by atomic mass is 9.80. The molecular formula is C25H26F2N2S. The second-order valence-electron chi connectivity index (χ2n) is 7.87. The highest BCUT2D eigenvalue weighted by molar-refractivity contribution is 7.99. The van der Waals surface area contributed by atoms with Crippen LogP contribution in [0.15, 0.2) is 24.3 Å². The first-order valence-corrected chi connectivity index (χ1v) is 11.4. The number of aromatic nitrogens is 1. The maximum Gasteiger partial charge on any atom is 0.131 e. The van der Waals surface area contributed by atoms with Crippen LogP contribution in [0.2, 0.25) is 0 Å². The van der Waals surface area contributed by atoms with Gasteiger partial charge in [-0.1, -0.05) is 24.9 Å². The number of hydrogen-bond acceptors (Lipinski definition) is 3. The van der Waals surface area contributed by atoms with Crippen molar-refractivity contribution in [3.05, 3.63) is 69.5 Å². The monoisotopic (exact) mass is 424 g/mol. The van der Waals surface area contributed by atoms with E-state index in [0.29, 0.717) is 17.7 Å². The van der Waals surface area contributed by atoms with E-state index in [1.807, 2.05) is 33.1 Å². The van der Waals surface area contributed by atoms with Gasteiger partial charge in [-0.2, -0.15) is 0 Å². The molecule has 0 N–H and O–H groups in total. The fourth-order valence-corrected chi connectivity index (χ4v) is 5.49. The Hall–Kier alpha value is -2.40. The number of anilines is 1. The van der Waals surface area contributed by atoms with Crippen LogP contribution in [0.3, 0.4) is 0 Å². The molecule has 1 aromatic heterocycles. The van der Waals surface area contributed by atoms with Crippen molar-refractivity contribution >= 4 is 17.6 Å². The minimum Gasteiger partial charge on any atom is -0.311 e. The van der Waals surface area contributed by atoms with E-state index in [0.717, 1.165) is 51.3 Å². The van der Waals surface area contributed by atoms with Gasteiger partial charge >= 0.3 is 0 Å². The molecule has 2 aromatic carbocycles. The van der Waals surface area contributed by atoms with Gasteiger partial charge in [0, 0.05) is 39.9 Å². The molecule has 0 radical (unpaired) electrons. The third-order valence-electron chi connectivity index (χ3n) is 6.17. The van der Waals surface area contributed by atoms with Crippen LogP contribution in [-0.2, 0) is 13.0 Å². The molecule has 0 amide bonds. The molecule has 2 heterocycles. The number of rotatable bonds is 3. The first-order chi connectivity index (χ1) is 14.3. The molecule has 5 heteroatoms. The highest BCUT2D eigenvalue weighted by Crippen LogP contribution is 2.51. The molecular weight excluding hydrogens is 398 g/mol. The van der Waals surface area contributed by atoms with Crippen molar-refractivity contribution in [1.29, 1.82) is 0 Å². The maximum atomic E-state index is 15.1. The largest absolute Gasteiger partial charge is 0.311 e. The van der Waals surface area contributed by atoms with E-state index in [4.69, 9.17) is 0 Å². The van der Waals surface area contributed by atoms with Crippen LogP contribution in [0.4, 0.5) is 14.5 Å². The SMILES string of the molecule is CCc1c(C)c2c(c(C)c1-c1ccc(C)nc1C)-c1c(F)ccc(F)c1CN2SC. The summed E-state index contributed by atoms with van der Waals surface area (Å²) in [5.41, 5.74) is 10.0. The molecule has 0 bridgehead atoms. The molecule has 0 atom stereocenters. The molecule has 0 unspecified atom stereocenters. The number of hydrogen-bond donors (Lipinski definition) is 0. The molecule has 0 aliphatic carbocycles. The number of fused-ring (bicyclic) bond motifs is 3. The van der Waals surface area contributed by atoms with Crippen molar-refractivity contribution in [3.63, 3.8) is 0 Å². The van der Waals surface area contributed by atoms with Gasteiger partial charge in [-0.3, -0.25) is 4.98 Å². The summed E-state index contributed by atoms with van der Waals surface area (Å²) in [6.07, 6.45) is 2.83. The average Bonchev–Trinajstić information content (AvgIpc) is 2.72. The summed E-state index contributed by atoms with van der Waals surface area (Å²) in [6, 6.07) is 6.59. The molecule has 0 spiro atoms. The number of halogens is 2. The summed E-state index contributed by atoms with van der Waals surface area (Å²) in [5.74, 6) is -0.729. The van der Waals surface area contributed by atoms with Gasteiger partial charge in [-0.25, -0.2) is 8.78 Å². The van der Waals surface area contributed by atoms with Crippen molar-refractivity contribution in [3.8, 4) is 22.3 Å². The third kappa shape index (κ3) is 3.02. The molecule has 0 saturated carbocycles. The van der Waals surface area contributed by atoms with Crippen molar-refractivity contribution in [1.82, 2.24) is 4.98 Å². The molecule has 0 saturated heterocycles. The maximum absolute atomic E-state index is 15.1. The molecule has 1 aliphatic rings. The lowest BCUT2D eigenvalue weighted by Gasteiger charge is -2.36. The van der Waals surface area contributed by atoms with E-state index < -0.39 is 0 Å². The predicted molar refractivity (Wildman–Crippen MR) is 123 cm³/mol. The highest BCUT2D eigenvalue weighted by Gasteiger charge is 2.33. The zero-order valence-electron chi connectivity index (χ0n) is 18.3. The van der Waals surface area contributed by atoms with Gasteiger partial charge in [-0.15, -0.1) is 0 Å². The van der Waals surface area contributed by atoms with Crippen LogP contribution in [0.1, 0.15) is 40.6 Å². The van der Waals surface area contributed by atoms with Crippen LogP contribution >= 0.6 is 11.9 Å². The van der Waals surface area contributed by atoms with E-state index in [1.54, 1.807) is 11.9 Å². The molecule has 156 valence electrons. The third-order valence-corrected chi connectivity index (χ3v) is 6.92. The normalized spacial score (nSPS) is 12.7. The lowest BCUT2D eigenvalue weighted by Crippen LogP contribution is -2.23. The van der Waals surface area contributed by atoms with E-state index in [-0.39, 0.29) is 11.6 Å². The summed E-state index contributed by atoms with van der Waals surface area (Å²) in [4.78, 5) is 4.67. The van der Waals surface area contributed by atoms with Crippen LogP contribution in [0.25, 0.3) is 22.3 Å². The first-order valence-electron chi connectivity index (χ1n) is 10.2. The van der Waals surface area contributed by atoms with Crippen molar-refractivity contribution in [2.75, 3.05) is 10.6 Å². The Morgan fingerprint density at radius 1 is 0.933 bits per heavy atom. The average molecular weight is 425 g/mol. The molecule has 30 heavy (non-hydrogen) atoms. The summed E-state index contributed by atoms with van der Waals surface area (Å²) in [5, 5.41) is 0. The smallest absolute Gasteiger partial charge is 0.131 e. The van der Waals surface area contributed by atoms with Crippen LogP contribution in [0.5, 0.6) is 0 Å². The molecule has 1 aliphatic heterocycles. The quantitative estimate of drug-likeness (QED) is 0.418. The minimum atomic E-state index is -0.371. The minimum absolute atomic E-state index is 0.348. The van der Waals surface area contributed by atoms with Gasteiger partial charge in [0.15, 0.2) is 0 Å². The Labute approximate surface area is 181 Å². The van der Waals surface area contributed by atoms with Gasteiger partial charge in [0.1, 0.15) is 11.6 Å². The summed E-state index contributed by atoms with van der Waals surface area (Å²) in [7, 11) is 0. The Morgan fingerprint density at radius 3 is 2.27 bits per heavy atom. The fraction of sp³-hybridized carbons (Fsp3) is 0.320. The topological polar surface area (TPSA) is 16.1 Å². The first kappa shape index (κ1) is 20.9. The van der Waals surface area contributed by atoms with Crippen molar-refractivity contribution in [2.45, 2.75) is 47.6 Å². The molecule has 4 rings (SSSR count). The number of benzene rings is 2. The van der Waals surface area contributed by atoms with E-state index >= 15 is 4.39 Å². The van der Waals surface area contributed by atoms with Gasteiger partial charge in [-0.05, 0) is 74.6 Å². The molecule has 0 fully saturated rings. The summed E-state index contributed by atoms with van der Waals surface area (Å²) < 4.78 is 32.0. The fourth-order valence-electron chi connectivity index (χ4n) is 4.82. The summed E-state index contributed by atoms with van der Waals surface area (Å²) in [6.45, 7) is 10.6. The second kappa shape index (κ2) is 7.69. The zero-order chi connectivity index (χ0) is 21.7. The van der Waals surface area contributed by atoms with Gasteiger partial charge in [0.05, 0.1) is 12.2 Å². The highest BCUT2D eigenvalue weighted by atomic mass is 32.2. The van der Waals surface area contributed by atoms with Crippen LogP contribution in [0, 0.1) is 39.3 Å².